The van der Waals surface area contributed by atoms with E-state index in [2.05, 4.69) is 18.8 Å². The van der Waals surface area contributed by atoms with Crippen molar-refractivity contribution >= 4 is 23.5 Å². The van der Waals surface area contributed by atoms with Gasteiger partial charge in [-0.3, -0.25) is 4.79 Å². The van der Waals surface area contributed by atoms with E-state index in [0.717, 1.165) is 19.5 Å². The van der Waals surface area contributed by atoms with E-state index in [4.69, 9.17) is 16.3 Å². The number of likely N-dealkylation sites (tertiary alicyclic amines) is 1. The molecule has 1 amide bonds. The number of nitrogens with zero attached hydrogens (tertiary/aromatic N) is 4. The van der Waals surface area contributed by atoms with E-state index in [1.807, 2.05) is 17.0 Å². The van der Waals surface area contributed by atoms with Gasteiger partial charge in [0.15, 0.2) is 0 Å². The summed E-state index contributed by atoms with van der Waals surface area (Å²) in [6.45, 7) is 5.86. The number of carbonyl (C=O) groups excluding carboxylic acids is 1. The van der Waals surface area contributed by atoms with Gasteiger partial charge in [-0.1, -0.05) is 25.6 Å². The first-order valence-electron chi connectivity index (χ1n) is 7.45. The number of nitrogen functional groups attached to an aromatic ring is 1. The number of hydrogen-bond acceptors (Lipinski definition) is 6. The number of amides is 1. The first-order valence-corrected chi connectivity index (χ1v) is 8.44. The van der Waals surface area contributed by atoms with Gasteiger partial charge in [-0.05, 0) is 24.3 Å². The molecular weight excluding hydrogens is 310 g/mol. The van der Waals surface area contributed by atoms with E-state index >= 15 is 0 Å². The Morgan fingerprint density at radius 3 is 2.52 bits per heavy atom. The molecular formula is C16H19N5OS. The zero-order valence-corrected chi connectivity index (χ0v) is 14.1. The molecule has 1 aromatic rings. The van der Waals surface area contributed by atoms with Gasteiger partial charge in [-0.2, -0.15) is 10.5 Å². The van der Waals surface area contributed by atoms with Crippen LogP contribution in [-0.2, 0) is 4.79 Å². The van der Waals surface area contributed by atoms with Gasteiger partial charge in [0, 0.05) is 13.1 Å². The van der Waals surface area contributed by atoms with E-state index in [1.165, 1.54) is 17.8 Å². The van der Waals surface area contributed by atoms with Crippen LogP contribution in [0, 0.1) is 34.5 Å². The number of aromatic nitrogens is 1. The molecule has 2 rings (SSSR count). The van der Waals surface area contributed by atoms with Crippen molar-refractivity contribution in [3.8, 4) is 12.1 Å². The highest BCUT2D eigenvalue weighted by atomic mass is 32.2. The molecule has 0 radical (unpaired) electrons. The highest BCUT2D eigenvalue weighted by molar-refractivity contribution is 8.00. The van der Waals surface area contributed by atoms with Gasteiger partial charge in [0.2, 0.25) is 5.91 Å². The summed E-state index contributed by atoms with van der Waals surface area (Å²) in [5.41, 5.74) is 6.14. The first kappa shape index (κ1) is 17.1. The number of pyridine rings is 1. The fourth-order valence-electron chi connectivity index (χ4n) is 2.88. The normalized spacial score (nSPS) is 20.6. The van der Waals surface area contributed by atoms with E-state index in [1.54, 1.807) is 0 Å². The average Bonchev–Trinajstić information content (AvgIpc) is 2.51. The van der Waals surface area contributed by atoms with Crippen molar-refractivity contribution in [3.05, 3.63) is 17.2 Å². The average molecular weight is 329 g/mol. The minimum absolute atomic E-state index is 0.0435. The molecule has 0 unspecified atom stereocenters. The fourth-order valence-corrected chi connectivity index (χ4v) is 3.74. The molecule has 2 atom stereocenters. The molecule has 1 saturated heterocycles. The number of nitriles is 2. The van der Waals surface area contributed by atoms with Crippen molar-refractivity contribution in [2.24, 2.45) is 11.8 Å². The number of rotatable bonds is 3. The Morgan fingerprint density at radius 1 is 1.35 bits per heavy atom. The highest BCUT2D eigenvalue weighted by Gasteiger charge is 2.25. The Hall–Kier alpha value is -2.25. The summed E-state index contributed by atoms with van der Waals surface area (Å²) in [4.78, 5) is 18.3. The summed E-state index contributed by atoms with van der Waals surface area (Å²) >= 11 is 1.19. The monoisotopic (exact) mass is 329 g/mol. The molecule has 1 fully saturated rings. The molecule has 6 nitrogen and oxygen atoms in total. The summed E-state index contributed by atoms with van der Waals surface area (Å²) in [7, 11) is 0. The molecule has 1 aliphatic heterocycles. The SMILES string of the molecule is C[C@@H]1C[C@@H](C)CN(C(=O)CSc2nc(N)c(C#N)cc2C#N)C1. The second-order valence-corrected chi connectivity index (χ2v) is 6.99. The third kappa shape index (κ3) is 4.14. The second-order valence-electron chi connectivity index (χ2n) is 6.03. The van der Waals surface area contributed by atoms with Crippen LogP contribution in [0.25, 0.3) is 0 Å². The van der Waals surface area contributed by atoms with Gasteiger partial charge in [-0.15, -0.1) is 0 Å². The molecule has 7 heteroatoms. The zero-order chi connectivity index (χ0) is 17.0. The summed E-state index contributed by atoms with van der Waals surface area (Å²) in [6, 6.07) is 5.32. The topological polar surface area (TPSA) is 107 Å². The van der Waals surface area contributed by atoms with Crippen molar-refractivity contribution in [1.29, 1.82) is 10.5 Å². The zero-order valence-electron chi connectivity index (χ0n) is 13.2. The lowest BCUT2D eigenvalue weighted by Gasteiger charge is -2.35. The Bertz CT molecular complexity index is 681. The Morgan fingerprint density at radius 2 is 1.96 bits per heavy atom. The van der Waals surface area contributed by atoms with Crippen molar-refractivity contribution < 1.29 is 4.79 Å². The first-order chi connectivity index (χ1) is 10.9. The van der Waals surface area contributed by atoms with Crippen LogP contribution in [0.1, 0.15) is 31.4 Å². The van der Waals surface area contributed by atoms with Crippen LogP contribution in [0.2, 0.25) is 0 Å². The van der Waals surface area contributed by atoms with Crippen LogP contribution in [0.15, 0.2) is 11.1 Å². The summed E-state index contributed by atoms with van der Waals surface area (Å²) in [5, 5.41) is 18.5. The van der Waals surface area contributed by atoms with Gasteiger partial charge in [0.25, 0.3) is 0 Å². The van der Waals surface area contributed by atoms with Crippen molar-refractivity contribution in [1.82, 2.24) is 9.88 Å². The molecule has 0 bridgehead atoms. The van der Waals surface area contributed by atoms with Crippen LogP contribution in [0.5, 0.6) is 0 Å². The third-order valence-electron chi connectivity index (χ3n) is 3.81. The molecule has 0 spiro atoms. The lowest BCUT2D eigenvalue weighted by atomic mass is 9.92. The van der Waals surface area contributed by atoms with Gasteiger partial charge in [0.1, 0.15) is 23.0 Å². The molecule has 2 N–H and O–H groups in total. The van der Waals surface area contributed by atoms with Gasteiger partial charge >= 0.3 is 0 Å². The Labute approximate surface area is 140 Å². The Kier molecular flexibility index (Phi) is 5.46. The lowest BCUT2D eigenvalue weighted by Crippen LogP contribution is -2.43. The molecule has 0 aliphatic carbocycles. The molecule has 23 heavy (non-hydrogen) atoms. The molecule has 0 aromatic carbocycles. The predicted molar refractivity (Wildman–Crippen MR) is 88.3 cm³/mol. The lowest BCUT2D eigenvalue weighted by molar-refractivity contribution is -0.130. The molecule has 120 valence electrons. The molecule has 1 aliphatic rings. The van der Waals surface area contributed by atoms with Crippen molar-refractivity contribution in [2.45, 2.75) is 25.3 Å². The summed E-state index contributed by atoms with van der Waals surface area (Å²) in [6.07, 6.45) is 1.14. The standard InChI is InChI=1S/C16H19N5OS/c1-10-3-11(2)8-21(7-10)14(22)9-23-16-13(6-18)4-12(5-17)15(19)20-16/h4,10-11H,3,7-9H2,1-2H3,(H2,19,20)/t10-,11-/m1/s1. The maximum Gasteiger partial charge on any atom is 0.233 e. The van der Waals surface area contributed by atoms with Crippen LogP contribution in [-0.4, -0.2) is 34.6 Å². The second kappa shape index (κ2) is 7.34. The smallest absolute Gasteiger partial charge is 0.233 e. The maximum absolute atomic E-state index is 12.4. The van der Waals surface area contributed by atoms with Crippen molar-refractivity contribution in [2.75, 3.05) is 24.6 Å². The van der Waals surface area contributed by atoms with E-state index in [0.29, 0.717) is 16.9 Å². The van der Waals surface area contributed by atoms with Crippen LogP contribution >= 0.6 is 11.8 Å². The van der Waals surface area contributed by atoms with Gasteiger partial charge in [-0.25, -0.2) is 4.98 Å². The van der Waals surface area contributed by atoms with E-state index in [-0.39, 0.29) is 28.6 Å². The van der Waals surface area contributed by atoms with Gasteiger partial charge < -0.3 is 10.6 Å². The number of anilines is 1. The maximum atomic E-state index is 12.4. The number of thioether (sulfide) groups is 1. The molecule has 1 aromatic heterocycles. The fraction of sp³-hybridized carbons (Fsp3) is 0.500. The van der Waals surface area contributed by atoms with Crippen LogP contribution < -0.4 is 5.73 Å². The summed E-state index contributed by atoms with van der Waals surface area (Å²) < 4.78 is 0. The van der Waals surface area contributed by atoms with Gasteiger partial charge in [0.05, 0.1) is 16.9 Å². The minimum atomic E-state index is 0.0435. The van der Waals surface area contributed by atoms with Crippen LogP contribution in [0.3, 0.4) is 0 Å². The predicted octanol–water partition coefficient (Wildman–Crippen LogP) is 2.00. The highest BCUT2D eigenvalue weighted by Crippen LogP contribution is 2.26. The summed E-state index contributed by atoms with van der Waals surface area (Å²) in [5.74, 6) is 1.35. The number of hydrogen-bond donors (Lipinski definition) is 1. The quantitative estimate of drug-likeness (QED) is 0.850. The number of carbonyl (C=O) groups is 1. The molecule has 0 saturated carbocycles. The van der Waals surface area contributed by atoms with E-state index < -0.39 is 0 Å². The minimum Gasteiger partial charge on any atom is -0.383 e. The molecule has 2 heterocycles. The number of piperidine rings is 1. The van der Waals surface area contributed by atoms with Crippen LogP contribution in [0.4, 0.5) is 5.82 Å². The Balaban J connectivity index is 2.06. The largest absolute Gasteiger partial charge is 0.383 e. The third-order valence-corrected chi connectivity index (χ3v) is 4.79. The van der Waals surface area contributed by atoms with Crippen molar-refractivity contribution in [3.63, 3.8) is 0 Å². The number of nitrogens with two attached hydrogens (primary N) is 1. The van der Waals surface area contributed by atoms with E-state index in [9.17, 15) is 4.79 Å².